The molecule has 0 heterocycles. The lowest BCUT2D eigenvalue weighted by molar-refractivity contribution is 0.395. The minimum atomic E-state index is 0.227. The van der Waals surface area contributed by atoms with E-state index in [2.05, 4.69) is 6.07 Å². The molecule has 0 N–H and O–H groups in total. The number of hydrogen-bond acceptors (Lipinski definition) is 3. The lowest BCUT2D eigenvalue weighted by Crippen LogP contribution is -2.00. The Kier molecular flexibility index (Phi) is 3.56. The van der Waals surface area contributed by atoms with Gasteiger partial charge >= 0.3 is 0 Å². The molecule has 1 aromatic carbocycles. The molecule has 0 aliphatic heterocycles. The van der Waals surface area contributed by atoms with Crippen LogP contribution in [-0.4, -0.2) is 14.2 Å². The molecule has 15 heavy (non-hydrogen) atoms. The van der Waals surface area contributed by atoms with Crippen molar-refractivity contribution in [2.75, 3.05) is 14.2 Å². The molecule has 0 radical (unpaired) electrons. The number of ether oxygens (including phenoxy) is 2. The molecule has 0 amide bonds. The standard InChI is InChI=1S/C12H15NO2/c1-8(2)12-9(7-13)10(14-3)5-6-11(12)15-4/h5-6,8H,1-4H3. The van der Waals surface area contributed by atoms with E-state index in [1.54, 1.807) is 20.3 Å². The molecular formula is C12H15NO2. The molecule has 0 fully saturated rings. The van der Waals surface area contributed by atoms with Gasteiger partial charge in [0.25, 0.3) is 0 Å². The Labute approximate surface area is 90.2 Å². The Morgan fingerprint density at radius 3 is 2.07 bits per heavy atom. The lowest BCUT2D eigenvalue weighted by atomic mass is 9.96. The first-order valence-electron chi connectivity index (χ1n) is 4.80. The van der Waals surface area contributed by atoms with Gasteiger partial charge in [-0.05, 0) is 18.1 Å². The highest BCUT2D eigenvalue weighted by Crippen LogP contribution is 2.34. The van der Waals surface area contributed by atoms with Gasteiger partial charge in [-0.3, -0.25) is 0 Å². The normalized spacial score (nSPS) is 9.87. The van der Waals surface area contributed by atoms with Gasteiger partial charge in [0.2, 0.25) is 0 Å². The van der Waals surface area contributed by atoms with Gasteiger partial charge < -0.3 is 9.47 Å². The fourth-order valence-electron chi connectivity index (χ4n) is 1.62. The molecule has 0 bridgehead atoms. The summed E-state index contributed by atoms with van der Waals surface area (Å²) in [6, 6.07) is 5.75. The van der Waals surface area contributed by atoms with E-state index < -0.39 is 0 Å². The van der Waals surface area contributed by atoms with Crippen molar-refractivity contribution in [2.24, 2.45) is 0 Å². The zero-order chi connectivity index (χ0) is 11.4. The van der Waals surface area contributed by atoms with Gasteiger partial charge in [-0.15, -0.1) is 0 Å². The third kappa shape index (κ3) is 2.04. The van der Waals surface area contributed by atoms with E-state index in [0.717, 1.165) is 11.3 Å². The van der Waals surface area contributed by atoms with Crippen LogP contribution in [0, 0.1) is 11.3 Å². The Hall–Kier alpha value is -1.69. The number of rotatable bonds is 3. The second-order valence-electron chi connectivity index (χ2n) is 3.53. The molecule has 0 spiro atoms. The second-order valence-corrected chi connectivity index (χ2v) is 3.53. The fourth-order valence-corrected chi connectivity index (χ4v) is 1.62. The molecule has 0 aliphatic carbocycles. The van der Waals surface area contributed by atoms with Crippen LogP contribution in [0.4, 0.5) is 0 Å². The van der Waals surface area contributed by atoms with Crippen molar-refractivity contribution in [1.29, 1.82) is 5.26 Å². The summed E-state index contributed by atoms with van der Waals surface area (Å²) in [5.41, 5.74) is 1.46. The van der Waals surface area contributed by atoms with E-state index in [0.29, 0.717) is 11.3 Å². The van der Waals surface area contributed by atoms with Crippen LogP contribution in [0.2, 0.25) is 0 Å². The monoisotopic (exact) mass is 205 g/mol. The minimum Gasteiger partial charge on any atom is -0.496 e. The topological polar surface area (TPSA) is 42.2 Å². The van der Waals surface area contributed by atoms with Gasteiger partial charge in [-0.1, -0.05) is 13.8 Å². The second kappa shape index (κ2) is 4.70. The van der Waals surface area contributed by atoms with E-state index in [-0.39, 0.29) is 5.92 Å². The van der Waals surface area contributed by atoms with E-state index >= 15 is 0 Å². The Morgan fingerprint density at radius 2 is 1.67 bits per heavy atom. The molecule has 80 valence electrons. The van der Waals surface area contributed by atoms with Gasteiger partial charge in [0.15, 0.2) is 0 Å². The van der Waals surface area contributed by atoms with Gasteiger partial charge in [0.05, 0.1) is 14.2 Å². The summed E-state index contributed by atoms with van der Waals surface area (Å²) in [6.45, 7) is 4.05. The van der Waals surface area contributed by atoms with Gasteiger partial charge in [0, 0.05) is 5.56 Å². The van der Waals surface area contributed by atoms with Crippen molar-refractivity contribution in [3.05, 3.63) is 23.3 Å². The summed E-state index contributed by atoms with van der Waals surface area (Å²) < 4.78 is 10.4. The van der Waals surface area contributed by atoms with E-state index in [4.69, 9.17) is 14.7 Å². The first-order valence-corrected chi connectivity index (χ1v) is 4.80. The Balaban J connectivity index is 3.46. The number of methoxy groups -OCH3 is 2. The fraction of sp³-hybridized carbons (Fsp3) is 0.417. The molecule has 1 aromatic rings. The van der Waals surface area contributed by atoms with Crippen molar-refractivity contribution in [3.8, 4) is 17.6 Å². The zero-order valence-corrected chi connectivity index (χ0v) is 9.50. The molecule has 3 nitrogen and oxygen atoms in total. The number of hydrogen-bond donors (Lipinski definition) is 0. The van der Waals surface area contributed by atoms with Crippen LogP contribution >= 0.6 is 0 Å². The predicted molar refractivity (Wildman–Crippen MR) is 58.4 cm³/mol. The molecule has 0 aromatic heterocycles. The van der Waals surface area contributed by atoms with E-state index in [1.807, 2.05) is 19.9 Å². The van der Waals surface area contributed by atoms with Crippen LogP contribution in [-0.2, 0) is 0 Å². The number of benzene rings is 1. The number of nitriles is 1. The maximum atomic E-state index is 9.11. The van der Waals surface area contributed by atoms with Gasteiger partial charge in [0.1, 0.15) is 23.1 Å². The smallest absolute Gasteiger partial charge is 0.137 e. The summed E-state index contributed by atoms with van der Waals surface area (Å²) in [7, 11) is 3.17. The van der Waals surface area contributed by atoms with Crippen molar-refractivity contribution in [3.63, 3.8) is 0 Å². The molecule has 3 heteroatoms. The maximum absolute atomic E-state index is 9.11. The Bertz CT molecular complexity index is 391. The summed E-state index contributed by atoms with van der Waals surface area (Å²) in [5, 5.41) is 9.11. The average Bonchev–Trinajstić information content (AvgIpc) is 2.26. The highest BCUT2D eigenvalue weighted by molar-refractivity contribution is 5.56. The van der Waals surface area contributed by atoms with Crippen molar-refractivity contribution in [1.82, 2.24) is 0 Å². The number of nitrogens with zero attached hydrogens (tertiary/aromatic N) is 1. The van der Waals surface area contributed by atoms with Crippen LogP contribution in [0.25, 0.3) is 0 Å². The highest BCUT2D eigenvalue weighted by atomic mass is 16.5. The van der Waals surface area contributed by atoms with E-state index in [9.17, 15) is 0 Å². The van der Waals surface area contributed by atoms with Crippen LogP contribution in [0.1, 0.15) is 30.9 Å². The van der Waals surface area contributed by atoms with Crippen molar-refractivity contribution < 1.29 is 9.47 Å². The zero-order valence-electron chi connectivity index (χ0n) is 9.50. The van der Waals surface area contributed by atoms with E-state index in [1.165, 1.54) is 0 Å². The van der Waals surface area contributed by atoms with Crippen LogP contribution in [0.15, 0.2) is 12.1 Å². The average molecular weight is 205 g/mol. The quantitative estimate of drug-likeness (QED) is 0.761. The maximum Gasteiger partial charge on any atom is 0.137 e. The summed E-state index contributed by atoms with van der Waals surface area (Å²) >= 11 is 0. The molecule has 1 rings (SSSR count). The van der Waals surface area contributed by atoms with Crippen LogP contribution in [0.3, 0.4) is 0 Å². The molecule has 0 saturated carbocycles. The first-order chi connectivity index (χ1) is 7.15. The van der Waals surface area contributed by atoms with Crippen LogP contribution in [0.5, 0.6) is 11.5 Å². The highest BCUT2D eigenvalue weighted by Gasteiger charge is 2.16. The third-order valence-corrected chi connectivity index (χ3v) is 2.30. The summed E-state index contributed by atoms with van der Waals surface area (Å²) in [6.07, 6.45) is 0. The summed E-state index contributed by atoms with van der Waals surface area (Å²) in [4.78, 5) is 0. The molecule has 0 aliphatic rings. The summed E-state index contributed by atoms with van der Waals surface area (Å²) in [5.74, 6) is 1.56. The predicted octanol–water partition coefficient (Wildman–Crippen LogP) is 2.70. The molecule has 0 saturated heterocycles. The van der Waals surface area contributed by atoms with Gasteiger partial charge in [-0.2, -0.15) is 5.26 Å². The third-order valence-electron chi connectivity index (χ3n) is 2.30. The van der Waals surface area contributed by atoms with Gasteiger partial charge in [-0.25, -0.2) is 0 Å². The molecule has 0 unspecified atom stereocenters. The minimum absolute atomic E-state index is 0.227. The van der Waals surface area contributed by atoms with Crippen molar-refractivity contribution >= 4 is 0 Å². The van der Waals surface area contributed by atoms with Crippen LogP contribution < -0.4 is 9.47 Å². The lowest BCUT2D eigenvalue weighted by Gasteiger charge is -2.15. The molecule has 0 atom stereocenters. The molecular weight excluding hydrogens is 190 g/mol. The Morgan fingerprint density at radius 1 is 1.13 bits per heavy atom. The SMILES string of the molecule is COc1ccc(OC)c(C(C)C)c1C#N. The first kappa shape index (κ1) is 11.4. The largest absolute Gasteiger partial charge is 0.496 e. The van der Waals surface area contributed by atoms with Crippen molar-refractivity contribution in [2.45, 2.75) is 19.8 Å².